The van der Waals surface area contributed by atoms with Gasteiger partial charge in [0.1, 0.15) is 5.82 Å². The van der Waals surface area contributed by atoms with E-state index in [9.17, 15) is 18.0 Å². The number of likely N-dealkylation sites (N-methyl/N-ethyl adjacent to an activating group) is 1. The Balaban J connectivity index is 1.43. The highest BCUT2D eigenvalue weighted by Gasteiger charge is 2.31. The fourth-order valence-corrected chi connectivity index (χ4v) is 4.85. The van der Waals surface area contributed by atoms with Crippen LogP contribution < -0.4 is 0 Å². The first-order valence-corrected chi connectivity index (χ1v) is 12.1. The van der Waals surface area contributed by atoms with Gasteiger partial charge in [0, 0.05) is 43.2 Å². The Bertz CT molecular complexity index is 1140. The fraction of sp³-hybridized carbons (Fsp3) is 0.375. The van der Waals surface area contributed by atoms with E-state index in [0.29, 0.717) is 28.0 Å². The molecule has 34 heavy (non-hydrogen) atoms. The SMILES string of the molecule is CCN1CCN(C(=O)c2ccc(CSc3nnc(C)n3-c3cccc(C(F)(F)F)c3)cc2)CC1. The molecule has 1 fully saturated rings. The molecule has 180 valence electrons. The predicted octanol–water partition coefficient (Wildman–Crippen LogP) is 4.66. The Kier molecular flexibility index (Phi) is 7.27. The van der Waals surface area contributed by atoms with Crippen molar-refractivity contribution in [3.63, 3.8) is 0 Å². The van der Waals surface area contributed by atoms with E-state index in [2.05, 4.69) is 22.0 Å². The van der Waals surface area contributed by atoms with Crippen molar-refractivity contribution in [2.75, 3.05) is 32.7 Å². The number of halogens is 3. The van der Waals surface area contributed by atoms with Crippen LogP contribution in [0.5, 0.6) is 0 Å². The quantitative estimate of drug-likeness (QED) is 0.472. The minimum atomic E-state index is -4.42. The van der Waals surface area contributed by atoms with Crippen LogP contribution in [-0.4, -0.2) is 63.2 Å². The standard InChI is InChI=1S/C24H26F3N5OS/c1-3-30-11-13-31(14-12-30)22(33)19-9-7-18(8-10-19)16-34-23-29-28-17(2)32(23)21-6-4-5-20(15-21)24(25,26)27/h4-10,15H,3,11-14,16H2,1-2H3. The average molecular weight is 490 g/mol. The number of carbonyl (C=O) groups is 1. The molecule has 0 aliphatic carbocycles. The minimum absolute atomic E-state index is 0.0369. The Hall–Kier alpha value is -2.85. The molecule has 1 saturated heterocycles. The molecule has 0 unspecified atom stereocenters. The number of thioether (sulfide) groups is 1. The number of benzene rings is 2. The molecule has 1 aliphatic heterocycles. The van der Waals surface area contributed by atoms with Crippen LogP contribution in [0, 0.1) is 6.92 Å². The third kappa shape index (κ3) is 5.44. The number of carbonyl (C=O) groups excluding carboxylic acids is 1. The molecule has 1 aromatic heterocycles. The third-order valence-electron chi connectivity index (χ3n) is 5.90. The van der Waals surface area contributed by atoms with Crippen molar-refractivity contribution in [3.05, 3.63) is 71.0 Å². The van der Waals surface area contributed by atoms with E-state index >= 15 is 0 Å². The van der Waals surface area contributed by atoms with Crippen LogP contribution in [0.15, 0.2) is 53.7 Å². The van der Waals surface area contributed by atoms with Crippen molar-refractivity contribution >= 4 is 17.7 Å². The van der Waals surface area contributed by atoms with Gasteiger partial charge in [-0.05, 0) is 49.4 Å². The van der Waals surface area contributed by atoms with Crippen molar-refractivity contribution in [1.82, 2.24) is 24.6 Å². The molecule has 0 spiro atoms. The maximum atomic E-state index is 13.1. The normalized spacial score (nSPS) is 15.0. The van der Waals surface area contributed by atoms with Crippen molar-refractivity contribution < 1.29 is 18.0 Å². The van der Waals surface area contributed by atoms with Crippen LogP contribution in [0.25, 0.3) is 5.69 Å². The molecule has 2 aromatic carbocycles. The molecule has 1 aliphatic rings. The predicted molar refractivity (Wildman–Crippen MR) is 125 cm³/mol. The van der Waals surface area contributed by atoms with Crippen LogP contribution in [0.2, 0.25) is 0 Å². The minimum Gasteiger partial charge on any atom is -0.336 e. The number of piperazine rings is 1. The van der Waals surface area contributed by atoms with Crippen molar-refractivity contribution in [2.45, 2.75) is 30.9 Å². The number of aryl methyl sites for hydroxylation is 1. The van der Waals surface area contributed by atoms with Crippen molar-refractivity contribution in [3.8, 4) is 5.69 Å². The summed E-state index contributed by atoms with van der Waals surface area (Å²) in [5.74, 6) is 1.08. The van der Waals surface area contributed by atoms with E-state index in [1.807, 2.05) is 29.2 Å². The van der Waals surface area contributed by atoms with Crippen molar-refractivity contribution in [2.24, 2.45) is 0 Å². The van der Waals surface area contributed by atoms with Gasteiger partial charge in [-0.2, -0.15) is 13.2 Å². The van der Waals surface area contributed by atoms with Gasteiger partial charge < -0.3 is 9.80 Å². The number of hydrogen-bond donors (Lipinski definition) is 0. The van der Waals surface area contributed by atoms with Gasteiger partial charge in [0.05, 0.1) is 5.56 Å². The molecule has 0 saturated carbocycles. The van der Waals surface area contributed by atoms with Gasteiger partial charge in [0.25, 0.3) is 5.91 Å². The van der Waals surface area contributed by atoms with Crippen LogP contribution in [-0.2, 0) is 11.9 Å². The van der Waals surface area contributed by atoms with Crippen LogP contribution >= 0.6 is 11.8 Å². The summed E-state index contributed by atoms with van der Waals surface area (Å²) >= 11 is 1.38. The van der Waals surface area contributed by atoms with E-state index in [0.717, 1.165) is 50.4 Å². The number of amides is 1. The molecule has 2 heterocycles. The summed E-state index contributed by atoms with van der Waals surface area (Å²) in [5.41, 5.74) is 1.28. The van der Waals surface area contributed by atoms with E-state index in [-0.39, 0.29) is 5.91 Å². The van der Waals surface area contributed by atoms with E-state index in [1.165, 1.54) is 17.8 Å². The second-order valence-corrected chi connectivity index (χ2v) is 9.07. The lowest BCUT2D eigenvalue weighted by atomic mass is 10.1. The molecule has 0 N–H and O–H groups in total. The lowest BCUT2D eigenvalue weighted by Gasteiger charge is -2.34. The summed E-state index contributed by atoms with van der Waals surface area (Å²) in [5, 5.41) is 8.71. The second-order valence-electron chi connectivity index (χ2n) is 8.13. The monoisotopic (exact) mass is 489 g/mol. The molecule has 6 nitrogen and oxygen atoms in total. The lowest BCUT2D eigenvalue weighted by molar-refractivity contribution is -0.137. The molecular weight excluding hydrogens is 463 g/mol. The molecular formula is C24H26F3N5OS. The average Bonchev–Trinajstić information content (AvgIpc) is 3.22. The Labute approximate surface area is 200 Å². The molecule has 0 bridgehead atoms. The summed E-state index contributed by atoms with van der Waals surface area (Å²) in [6, 6.07) is 12.6. The van der Waals surface area contributed by atoms with Gasteiger partial charge in [-0.15, -0.1) is 10.2 Å². The Morgan fingerprint density at radius 2 is 1.74 bits per heavy atom. The zero-order valence-electron chi connectivity index (χ0n) is 19.0. The molecule has 10 heteroatoms. The number of aromatic nitrogens is 3. The maximum absolute atomic E-state index is 13.1. The largest absolute Gasteiger partial charge is 0.416 e. The number of hydrogen-bond acceptors (Lipinski definition) is 5. The highest BCUT2D eigenvalue weighted by Crippen LogP contribution is 2.32. The lowest BCUT2D eigenvalue weighted by Crippen LogP contribution is -2.48. The maximum Gasteiger partial charge on any atom is 0.416 e. The van der Waals surface area contributed by atoms with Crippen LogP contribution in [0.3, 0.4) is 0 Å². The third-order valence-corrected chi connectivity index (χ3v) is 6.90. The Morgan fingerprint density at radius 1 is 1.03 bits per heavy atom. The summed E-state index contributed by atoms with van der Waals surface area (Å²) in [6.45, 7) is 8.07. The van der Waals surface area contributed by atoms with Gasteiger partial charge in [-0.3, -0.25) is 9.36 Å². The topological polar surface area (TPSA) is 54.3 Å². The first-order chi connectivity index (χ1) is 16.3. The van der Waals surface area contributed by atoms with E-state index < -0.39 is 11.7 Å². The van der Waals surface area contributed by atoms with Gasteiger partial charge >= 0.3 is 6.18 Å². The number of nitrogens with zero attached hydrogens (tertiary/aromatic N) is 5. The molecule has 3 aromatic rings. The zero-order chi connectivity index (χ0) is 24.3. The highest BCUT2D eigenvalue weighted by molar-refractivity contribution is 7.98. The molecule has 0 atom stereocenters. The fourth-order valence-electron chi connectivity index (χ4n) is 3.90. The first-order valence-electron chi connectivity index (χ1n) is 11.1. The van der Waals surface area contributed by atoms with Crippen LogP contribution in [0.4, 0.5) is 13.2 Å². The van der Waals surface area contributed by atoms with E-state index in [1.54, 1.807) is 17.6 Å². The number of alkyl halides is 3. The summed E-state index contributed by atoms with van der Waals surface area (Å²) in [6.07, 6.45) is -4.42. The van der Waals surface area contributed by atoms with Gasteiger partial charge in [0.2, 0.25) is 0 Å². The van der Waals surface area contributed by atoms with E-state index in [4.69, 9.17) is 0 Å². The smallest absolute Gasteiger partial charge is 0.336 e. The number of rotatable bonds is 6. The van der Waals surface area contributed by atoms with Crippen molar-refractivity contribution in [1.29, 1.82) is 0 Å². The van der Waals surface area contributed by atoms with Crippen LogP contribution in [0.1, 0.15) is 34.2 Å². The summed E-state index contributed by atoms with van der Waals surface area (Å²) in [4.78, 5) is 17.0. The molecule has 1 amide bonds. The highest BCUT2D eigenvalue weighted by atomic mass is 32.2. The second kappa shape index (κ2) is 10.2. The first kappa shape index (κ1) is 24.3. The molecule has 0 radical (unpaired) electrons. The van der Waals surface area contributed by atoms with Gasteiger partial charge in [0.15, 0.2) is 5.16 Å². The summed E-state index contributed by atoms with van der Waals surface area (Å²) in [7, 11) is 0. The Morgan fingerprint density at radius 3 is 2.38 bits per heavy atom. The van der Waals surface area contributed by atoms with Gasteiger partial charge in [-0.25, -0.2) is 0 Å². The summed E-state index contributed by atoms with van der Waals surface area (Å²) < 4.78 is 41.1. The van der Waals surface area contributed by atoms with Gasteiger partial charge in [-0.1, -0.05) is 36.9 Å². The molecule has 4 rings (SSSR count). The zero-order valence-corrected chi connectivity index (χ0v) is 19.9.